The molecule has 0 spiro atoms. The van der Waals surface area contributed by atoms with E-state index in [1.54, 1.807) is 7.11 Å². The summed E-state index contributed by atoms with van der Waals surface area (Å²) < 4.78 is 32.3. The number of amides is 1. The fourth-order valence-corrected chi connectivity index (χ4v) is 4.30. The van der Waals surface area contributed by atoms with E-state index in [0.717, 1.165) is 24.2 Å². The van der Waals surface area contributed by atoms with Gasteiger partial charge in [0.05, 0.1) is 18.0 Å². The van der Waals surface area contributed by atoms with E-state index in [4.69, 9.17) is 4.74 Å². The highest BCUT2D eigenvalue weighted by Crippen LogP contribution is 2.23. The Morgan fingerprint density at radius 1 is 1.10 bits per heavy atom. The lowest BCUT2D eigenvalue weighted by molar-refractivity contribution is 0.0942. The second kappa shape index (κ2) is 8.94. The van der Waals surface area contributed by atoms with Gasteiger partial charge in [-0.25, -0.2) is 13.1 Å². The summed E-state index contributed by atoms with van der Waals surface area (Å²) in [4.78, 5) is 14.7. The van der Waals surface area contributed by atoms with Crippen LogP contribution in [0.4, 0.5) is 0 Å². The fraction of sp³-hybridized carbons (Fsp3) is 0.381. The molecule has 0 heterocycles. The van der Waals surface area contributed by atoms with Crippen molar-refractivity contribution in [3.8, 4) is 5.75 Å². The summed E-state index contributed by atoms with van der Waals surface area (Å²) in [6, 6.07) is 13.8. The Morgan fingerprint density at radius 2 is 1.72 bits per heavy atom. The molecule has 1 saturated carbocycles. The average molecular weight is 418 g/mol. The molecule has 156 valence electrons. The molecule has 3 rings (SSSR count). The summed E-state index contributed by atoms with van der Waals surface area (Å²) in [6.45, 7) is 0.418. The second-order valence-corrected chi connectivity index (χ2v) is 9.10. The molecule has 2 aromatic rings. The number of hydrogen-bond donors (Lipinski definition) is 2. The highest BCUT2D eigenvalue weighted by Gasteiger charge is 2.28. The van der Waals surface area contributed by atoms with Crippen molar-refractivity contribution in [1.82, 2.24) is 14.9 Å². The van der Waals surface area contributed by atoms with Crippen molar-refractivity contribution < 1.29 is 17.9 Å². The van der Waals surface area contributed by atoms with E-state index in [1.165, 1.54) is 24.3 Å². The topological polar surface area (TPSA) is 87.7 Å². The van der Waals surface area contributed by atoms with Crippen LogP contribution in [0.1, 0.15) is 34.8 Å². The van der Waals surface area contributed by atoms with Gasteiger partial charge in [-0.1, -0.05) is 12.1 Å². The first-order valence-electron chi connectivity index (χ1n) is 9.51. The number of rotatable bonds is 9. The zero-order chi connectivity index (χ0) is 21.0. The first kappa shape index (κ1) is 21.3. The van der Waals surface area contributed by atoms with Crippen LogP contribution < -0.4 is 14.8 Å². The van der Waals surface area contributed by atoms with Crippen LogP contribution >= 0.6 is 0 Å². The van der Waals surface area contributed by atoms with Gasteiger partial charge in [-0.05, 0) is 68.9 Å². The van der Waals surface area contributed by atoms with Crippen LogP contribution in [0.25, 0.3) is 0 Å². The van der Waals surface area contributed by atoms with Crippen LogP contribution in [0.3, 0.4) is 0 Å². The molecule has 1 aliphatic carbocycles. The largest absolute Gasteiger partial charge is 0.497 e. The van der Waals surface area contributed by atoms with Gasteiger partial charge in [0.2, 0.25) is 10.0 Å². The van der Waals surface area contributed by atoms with Gasteiger partial charge in [0.1, 0.15) is 5.75 Å². The molecule has 0 aromatic heterocycles. The molecule has 2 N–H and O–H groups in total. The fourth-order valence-electron chi connectivity index (χ4n) is 2.99. The van der Waals surface area contributed by atoms with E-state index in [-0.39, 0.29) is 22.9 Å². The van der Waals surface area contributed by atoms with E-state index in [2.05, 4.69) is 10.0 Å². The van der Waals surface area contributed by atoms with Crippen molar-refractivity contribution in [3.63, 3.8) is 0 Å². The molecule has 29 heavy (non-hydrogen) atoms. The molecule has 1 amide bonds. The number of nitrogens with one attached hydrogen (secondary N) is 2. The number of carbonyl (C=O) groups excluding carboxylic acids is 1. The molecule has 1 atom stereocenters. The van der Waals surface area contributed by atoms with Crippen molar-refractivity contribution in [2.24, 2.45) is 0 Å². The highest BCUT2D eigenvalue weighted by atomic mass is 32.2. The van der Waals surface area contributed by atoms with Gasteiger partial charge < -0.3 is 15.0 Å². The molecule has 8 heteroatoms. The van der Waals surface area contributed by atoms with Crippen LogP contribution in [0.15, 0.2) is 53.4 Å². The Labute approximate surface area is 172 Å². The lowest BCUT2D eigenvalue weighted by Crippen LogP contribution is -2.34. The molecule has 0 saturated heterocycles. The third kappa shape index (κ3) is 5.56. The van der Waals surface area contributed by atoms with Gasteiger partial charge in [0.25, 0.3) is 5.91 Å². The molecular weight excluding hydrogens is 390 g/mol. The lowest BCUT2D eigenvalue weighted by Gasteiger charge is -2.25. The Morgan fingerprint density at radius 3 is 2.24 bits per heavy atom. The minimum atomic E-state index is -3.52. The number of sulfonamides is 1. The predicted molar refractivity (Wildman–Crippen MR) is 112 cm³/mol. The first-order chi connectivity index (χ1) is 13.8. The first-order valence-corrected chi connectivity index (χ1v) is 11.0. The number of carbonyl (C=O) groups is 1. The van der Waals surface area contributed by atoms with Crippen LogP contribution in [-0.4, -0.2) is 53.0 Å². The summed E-state index contributed by atoms with van der Waals surface area (Å²) in [5.74, 6) is 0.533. The van der Waals surface area contributed by atoms with Gasteiger partial charge >= 0.3 is 0 Å². The Kier molecular flexibility index (Phi) is 6.56. The minimum Gasteiger partial charge on any atom is -0.497 e. The summed E-state index contributed by atoms with van der Waals surface area (Å²) >= 11 is 0. The zero-order valence-corrected chi connectivity index (χ0v) is 17.7. The summed E-state index contributed by atoms with van der Waals surface area (Å²) in [5.41, 5.74) is 1.48. The van der Waals surface area contributed by atoms with E-state index >= 15 is 0 Å². The number of methoxy groups -OCH3 is 1. The molecule has 1 unspecified atom stereocenters. The minimum absolute atomic E-state index is 0.00718. The monoisotopic (exact) mass is 417 g/mol. The number of nitrogens with zero attached hydrogens (tertiary/aromatic N) is 1. The van der Waals surface area contributed by atoms with Gasteiger partial charge in [-0.15, -0.1) is 0 Å². The smallest absolute Gasteiger partial charge is 0.251 e. The maximum atomic E-state index is 12.5. The number of ether oxygens (including phenoxy) is 1. The molecule has 2 aromatic carbocycles. The van der Waals surface area contributed by atoms with Crippen LogP contribution in [-0.2, 0) is 10.0 Å². The van der Waals surface area contributed by atoms with Crippen molar-refractivity contribution in [2.45, 2.75) is 29.8 Å². The summed E-state index contributed by atoms with van der Waals surface area (Å²) in [7, 11) is 2.01. The molecule has 1 aliphatic rings. The third-order valence-electron chi connectivity index (χ3n) is 4.91. The predicted octanol–water partition coefficient (Wildman–Crippen LogP) is 2.17. The van der Waals surface area contributed by atoms with E-state index < -0.39 is 10.0 Å². The van der Waals surface area contributed by atoms with Gasteiger partial charge in [-0.2, -0.15) is 0 Å². The van der Waals surface area contributed by atoms with Crippen LogP contribution in [0, 0.1) is 0 Å². The van der Waals surface area contributed by atoms with Crippen LogP contribution in [0.5, 0.6) is 5.75 Å². The van der Waals surface area contributed by atoms with E-state index in [1.807, 2.05) is 43.3 Å². The third-order valence-corrected chi connectivity index (χ3v) is 6.44. The molecule has 1 fully saturated rings. The average Bonchev–Trinajstić information content (AvgIpc) is 3.51. The molecular formula is C21H27N3O4S. The normalized spacial score (nSPS) is 15.2. The molecule has 0 radical (unpaired) electrons. The quantitative estimate of drug-likeness (QED) is 0.653. The number of hydrogen-bond acceptors (Lipinski definition) is 5. The number of likely N-dealkylation sites (N-methyl/N-ethyl adjacent to an activating group) is 1. The lowest BCUT2D eigenvalue weighted by atomic mass is 10.1. The standard InChI is InChI=1S/C21H27N3O4S/c1-24(2)20(15-4-10-18(28-3)11-5-15)14-22-21(25)16-6-12-19(13-7-16)29(26,27)23-17-8-9-17/h4-7,10-13,17,20,23H,8-9,14H2,1-3H3,(H,22,25). The molecule has 0 bridgehead atoms. The van der Waals surface area contributed by atoms with Crippen LogP contribution in [0.2, 0.25) is 0 Å². The Hall–Kier alpha value is -2.42. The molecule has 0 aliphatic heterocycles. The number of benzene rings is 2. The van der Waals surface area contributed by atoms with E-state index in [9.17, 15) is 13.2 Å². The Balaban J connectivity index is 1.63. The second-order valence-electron chi connectivity index (χ2n) is 7.38. The molecule has 7 nitrogen and oxygen atoms in total. The van der Waals surface area contributed by atoms with Crippen molar-refractivity contribution >= 4 is 15.9 Å². The zero-order valence-electron chi connectivity index (χ0n) is 16.9. The van der Waals surface area contributed by atoms with Crippen molar-refractivity contribution in [3.05, 3.63) is 59.7 Å². The SMILES string of the molecule is COc1ccc(C(CNC(=O)c2ccc(S(=O)(=O)NC3CC3)cc2)N(C)C)cc1. The maximum Gasteiger partial charge on any atom is 0.251 e. The summed E-state index contributed by atoms with van der Waals surface area (Å²) in [6.07, 6.45) is 1.75. The highest BCUT2D eigenvalue weighted by molar-refractivity contribution is 7.89. The summed E-state index contributed by atoms with van der Waals surface area (Å²) in [5, 5.41) is 2.93. The van der Waals surface area contributed by atoms with Crippen molar-refractivity contribution in [1.29, 1.82) is 0 Å². The van der Waals surface area contributed by atoms with Gasteiger partial charge in [0, 0.05) is 18.2 Å². The maximum absolute atomic E-state index is 12.5. The van der Waals surface area contributed by atoms with Gasteiger partial charge in [-0.3, -0.25) is 4.79 Å². The van der Waals surface area contributed by atoms with Crippen molar-refractivity contribution in [2.75, 3.05) is 27.7 Å². The van der Waals surface area contributed by atoms with Gasteiger partial charge in [0.15, 0.2) is 0 Å². The van der Waals surface area contributed by atoms with E-state index in [0.29, 0.717) is 12.1 Å². The Bertz CT molecular complexity index is 937.